The molecule has 0 saturated heterocycles. The van der Waals surface area contributed by atoms with Crippen molar-refractivity contribution in [2.45, 2.75) is 44.9 Å². The summed E-state index contributed by atoms with van der Waals surface area (Å²) >= 11 is 1.61. The van der Waals surface area contributed by atoms with Gasteiger partial charge in [-0.1, -0.05) is 39.0 Å². The summed E-state index contributed by atoms with van der Waals surface area (Å²) < 4.78 is 0. The van der Waals surface area contributed by atoms with Gasteiger partial charge in [0.2, 0.25) is 0 Å². The zero-order chi connectivity index (χ0) is 13.6. The third-order valence-corrected chi connectivity index (χ3v) is 4.81. The SMILES string of the molecule is CC(C)(C)c1nc(-c2cccc(C3CC3)c2)c(N)s1. The van der Waals surface area contributed by atoms with Gasteiger partial charge in [0.1, 0.15) is 15.7 Å². The Balaban J connectivity index is 2.01. The number of thiazole rings is 1. The molecule has 0 aliphatic heterocycles. The van der Waals surface area contributed by atoms with E-state index in [1.807, 2.05) is 0 Å². The van der Waals surface area contributed by atoms with Crippen molar-refractivity contribution in [3.8, 4) is 11.3 Å². The highest BCUT2D eigenvalue weighted by atomic mass is 32.1. The molecule has 100 valence electrons. The van der Waals surface area contributed by atoms with E-state index < -0.39 is 0 Å². The molecule has 1 aliphatic carbocycles. The van der Waals surface area contributed by atoms with E-state index in [0.717, 1.165) is 27.2 Å². The maximum Gasteiger partial charge on any atom is 0.114 e. The number of aromatic nitrogens is 1. The van der Waals surface area contributed by atoms with Gasteiger partial charge in [0.05, 0.1) is 0 Å². The third kappa shape index (κ3) is 2.52. The van der Waals surface area contributed by atoms with Crippen LogP contribution in [0.2, 0.25) is 0 Å². The number of anilines is 1. The molecule has 1 heterocycles. The standard InChI is InChI=1S/C16H20N2S/c1-16(2,3)15-18-13(14(17)19-15)12-6-4-5-11(9-12)10-7-8-10/h4-6,9-10H,7-8,17H2,1-3H3. The Hall–Kier alpha value is -1.35. The second-order valence-electron chi connectivity index (χ2n) is 6.38. The normalized spacial score (nSPS) is 15.7. The summed E-state index contributed by atoms with van der Waals surface area (Å²) in [5, 5.41) is 1.94. The number of nitrogens with zero attached hydrogens (tertiary/aromatic N) is 1. The van der Waals surface area contributed by atoms with Crippen LogP contribution in [0.1, 0.15) is 50.1 Å². The second-order valence-corrected chi connectivity index (χ2v) is 7.41. The van der Waals surface area contributed by atoms with Crippen LogP contribution in [0.15, 0.2) is 24.3 Å². The average Bonchev–Trinajstić information content (AvgIpc) is 3.11. The molecule has 1 aromatic heterocycles. The molecule has 1 fully saturated rings. The quantitative estimate of drug-likeness (QED) is 0.870. The van der Waals surface area contributed by atoms with Gasteiger partial charge in [-0.15, -0.1) is 11.3 Å². The Labute approximate surface area is 118 Å². The molecule has 0 amide bonds. The van der Waals surface area contributed by atoms with Gasteiger partial charge < -0.3 is 5.73 Å². The predicted molar refractivity (Wildman–Crippen MR) is 82.6 cm³/mol. The van der Waals surface area contributed by atoms with Gasteiger partial charge in [-0.3, -0.25) is 0 Å². The van der Waals surface area contributed by atoms with E-state index >= 15 is 0 Å². The Bertz CT molecular complexity index is 603. The number of hydrogen-bond acceptors (Lipinski definition) is 3. The van der Waals surface area contributed by atoms with E-state index in [4.69, 9.17) is 10.7 Å². The highest BCUT2D eigenvalue weighted by Crippen LogP contribution is 2.42. The van der Waals surface area contributed by atoms with Gasteiger partial charge in [-0.05, 0) is 30.4 Å². The summed E-state index contributed by atoms with van der Waals surface area (Å²) in [6.45, 7) is 6.53. The fourth-order valence-electron chi connectivity index (χ4n) is 2.22. The summed E-state index contributed by atoms with van der Waals surface area (Å²) in [5.41, 5.74) is 9.78. The van der Waals surface area contributed by atoms with E-state index in [1.54, 1.807) is 11.3 Å². The third-order valence-electron chi connectivity index (χ3n) is 3.50. The summed E-state index contributed by atoms with van der Waals surface area (Å²) in [5.74, 6) is 0.766. The van der Waals surface area contributed by atoms with Gasteiger partial charge in [-0.2, -0.15) is 0 Å². The summed E-state index contributed by atoms with van der Waals surface area (Å²) in [6.07, 6.45) is 2.65. The van der Waals surface area contributed by atoms with Crippen molar-refractivity contribution < 1.29 is 0 Å². The summed E-state index contributed by atoms with van der Waals surface area (Å²) in [6, 6.07) is 8.71. The molecule has 0 bridgehead atoms. The maximum absolute atomic E-state index is 6.17. The van der Waals surface area contributed by atoms with Gasteiger partial charge in [0, 0.05) is 11.0 Å². The Morgan fingerprint density at radius 1 is 1.26 bits per heavy atom. The summed E-state index contributed by atoms with van der Waals surface area (Å²) in [4.78, 5) is 4.77. The molecule has 0 radical (unpaired) electrons. The molecule has 2 nitrogen and oxygen atoms in total. The van der Waals surface area contributed by atoms with Crippen LogP contribution < -0.4 is 5.73 Å². The van der Waals surface area contributed by atoms with Crippen LogP contribution in [-0.4, -0.2) is 4.98 Å². The molecule has 1 aliphatic rings. The van der Waals surface area contributed by atoms with Crippen LogP contribution in [0.5, 0.6) is 0 Å². The van der Waals surface area contributed by atoms with Crippen LogP contribution in [0.25, 0.3) is 11.3 Å². The molecule has 0 spiro atoms. The molecule has 2 N–H and O–H groups in total. The zero-order valence-electron chi connectivity index (χ0n) is 11.7. The Morgan fingerprint density at radius 2 is 2.00 bits per heavy atom. The van der Waals surface area contributed by atoms with Crippen molar-refractivity contribution in [3.05, 3.63) is 34.8 Å². The van der Waals surface area contributed by atoms with Gasteiger partial charge in [0.25, 0.3) is 0 Å². The highest BCUT2D eigenvalue weighted by molar-refractivity contribution is 7.16. The van der Waals surface area contributed by atoms with Gasteiger partial charge in [0.15, 0.2) is 0 Å². The van der Waals surface area contributed by atoms with Crippen LogP contribution >= 0.6 is 11.3 Å². The molecule has 1 aromatic carbocycles. The smallest absolute Gasteiger partial charge is 0.114 e. The van der Waals surface area contributed by atoms with E-state index in [-0.39, 0.29) is 5.41 Å². The molecule has 19 heavy (non-hydrogen) atoms. The van der Waals surface area contributed by atoms with Crippen molar-refractivity contribution in [2.24, 2.45) is 0 Å². The lowest BCUT2D eigenvalue weighted by Gasteiger charge is -2.13. The molecular formula is C16H20N2S. The topological polar surface area (TPSA) is 38.9 Å². The first kappa shape index (κ1) is 12.7. The van der Waals surface area contributed by atoms with E-state index in [0.29, 0.717) is 0 Å². The van der Waals surface area contributed by atoms with Crippen molar-refractivity contribution in [2.75, 3.05) is 5.73 Å². The lowest BCUT2D eigenvalue weighted by Crippen LogP contribution is -2.10. The van der Waals surface area contributed by atoms with Crippen LogP contribution in [0.3, 0.4) is 0 Å². The first-order valence-electron chi connectivity index (χ1n) is 6.82. The summed E-state index contributed by atoms with van der Waals surface area (Å²) in [7, 11) is 0. The van der Waals surface area contributed by atoms with E-state index in [9.17, 15) is 0 Å². The Kier molecular flexibility index (Phi) is 2.90. The zero-order valence-corrected chi connectivity index (χ0v) is 12.6. The van der Waals surface area contributed by atoms with Gasteiger partial charge in [-0.25, -0.2) is 4.98 Å². The van der Waals surface area contributed by atoms with Gasteiger partial charge >= 0.3 is 0 Å². The highest BCUT2D eigenvalue weighted by Gasteiger charge is 2.25. The van der Waals surface area contributed by atoms with Crippen LogP contribution in [0, 0.1) is 0 Å². The van der Waals surface area contributed by atoms with Crippen molar-refractivity contribution in [1.29, 1.82) is 0 Å². The molecule has 0 atom stereocenters. The minimum Gasteiger partial charge on any atom is -0.389 e. The molecule has 3 heteroatoms. The first-order chi connectivity index (χ1) is 8.95. The Morgan fingerprint density at radius 3 is 2.58 bits per heavy atom. The molecular weight excluding hydrogens is 252 g/mol. The van der Waals surface area contributed by atoms with Crippen molar-refractivity contribution >= 4 is 16.3 Å². The van der Waals surface area contributed by atoms with E-state index in [2.05, 4.69) is 45.0 Å². The number of hydrogen-bond donors (Lipinski definition) is 1. The lowest BCUT2D eigenvalue weighted by molar-refractivity contribution is 0.586. The fraction of sp³-hybridized carbons (Fsp3) is 0.438. The lowest BCUT2D eigenvalue weighted by atomic mass is 9.98. The number of benzene rings is 1. The minimum atomic E-state index is 0.0607. The molecule has 2 aromatic rings. The first-order valence-corrected chi connectivity index (χ1v) is 7.64. The van der Waals surface area contributed by atoms with Crippen molar-refractivity contribution in [1.82, 2.24) is 4.98 Å². The largest absolute Gasteiger partial charge is 0.389 e. The van der Waals surface area contributed by atoms with Crippen LogP contribution in [-0.2, 0) is 5.41 Å². The molecule has 1 saturated carbocycles. The van der Waals surface area contributed by atoms with Crippen LogP contribution in [0.4, 0.5) is 5.00 Å². The van der Waals surface area contributed by atoms with Crippen molar-refractivity contribution in [3.63, 3.8) is 0 Å². The maximum atomic E-state index is 6.17. The monoisotopic (exact) mass is 272 g/mol. The molecule has 3 rings (SSSR count). The number of nitrogens with two attached hydrogens (primary N) is 1. The predicted octanol–water partition coefficient (Wildman–Crippen LogP) is 4.57. The second kappa shape index (κ2) is 4.34. The minimum absolute atomic E-state index is 0.0607. The average molecular weight is 272 g/mol. The molecule has 0 unspecified atom stereocenters. The number of rotatable bonds is 2. The van der Waals surface area contributed by atoms with E-state index in [1.165, 1.54) is 18.4 Å². The number of nitrogen functional groups attached to an aromatic ring is 1. The fourth-order valence-corrected chi connectivity index (χ4v) is 3.13.